The number of nitrogens with two attached hydrogens (primary N) is 2. The second-order valence-electron chi connectivity index (χ2n) is 1.63. The van der Waals surface area contributed by atoms with Crippen LogP contribution in [0, 0.1) is 0 Å². The second kappa shape index (κ2) is 2.11. The van der Waals surface area contributed by atoms with Crippen LogP contribution in [0.15, 0.2) is 12.3 Å². The third-order valence-corrected chi connectivity index (χ3v) is 1.12. The molecule has 0 aliphatic carbocycles. The molecule has 4 N–H and O–H groups in total. The molecule has 0 amide bonds. The molecule has 4 heteroatoms. The van der Waals surface area contributed by atoms with Gasteiger partial charge in [0.1, 0.15) is 5.82 Å². The first-order chi connectivity index (χ1) is 4.20. The predicted molar refractivity (Wildman–Crippen MR) is 38.1 cm³/mol. The molecule has 0 spiro atoms. The Morgan fingerprint density at radius 3 is 2.56 bits per heavy atom. The summed E-state index contributed by atoms with van der Waals surface area (Å²) in [6, 6.07) is 1.56. The lowest BCUT2D eigenvalue weighted by atomic mass is 10.4. The summed E-state index contributed by atoms with van der Waals surface area (Å²) in [5.41, 5.74) is 11.1. The zero-order chi connectivity index (χ0) is 6.85. The van der Waals surface area contributed by atoms with Crippen LogP contribution in [-0.2, 0) is 0 Å². The van der Waals surface area contributed by atoms with E-state index in [-0.39, 0.29) is 0 Å². The second-order valence-corrected chi connectivity index (χ2v) is 2.06. The molecular formula is C5H6ClN3. The SMILES string of the molecule is Nc1cc(Cl)cnc1N. The predicted octanol–water partition coefficient (Wildman–Crippen LogP) is 0.899. The fourth-order valence-corrected chi connectivity index (χ4v) is 0.632. The van der Waals surface area contributed by atoms with Crippen molar-refractivity contribution < 1.29 is 0 Å². The molecule has 1 aromatic heterocycles. The summed E-state index contributed by atoms with van der Waals surface area (Å²) in [6.45, 7) is 0. The summed E-state index contributed by atoms with van der Waals surface area (Å²) in [5, 5.41) is 0.502. The van der Waals surface area contributed by atoms with Gasteiger partial charge >= 0.3 is 0 Å². The topological polar surface area (TPSA) is 64.9 Å². The van der Waals surface area contributed by atoms with Crippen LogP contribution in [0.25, 0.3) is 0 Å². The van der Waals surface area contributed by atoms with Gasteiger partial charge in [0, 0.05) is 6.20 Å². The van der Waals surface area contributed by atoms with Crippen LogP contribution >= 0.6 is 11.6 Å². The van der Waals surface area contributed by atoms with Crippen LogP contribution in [0.5, 0.6) is 0 Å². The molecule has 0 fully saturated rings. The molecule has 1 aromatic rings. The van der Waals surface area contributed by atoms with E-state index in [1.54, 1.807) is 6.07 Å². The van der Waals surface area contributed by atoms with Gasteiger partial charge in [0.05, 0.1) is 10.7 Å². The van der Waals surface area contributed by atoms with Crippen molar-refractivity contribution in [1.82, 2.24) is 4.98 Å². The molecule has 0 atom stereocenters. The van der Waals surface area contributed by atoms with Crippen LogP contribution in [0.1, 0.15) is 0 Å². The van der Waals surface area contributed by atoms with Gasteiger partial charge in [0.15, 0.2) is 0 Å². The summed E-state index contributed by atoms with van der Waals surface area (Å²) in [7, 11) is 0. The van der Waals surface area contributed by atoms with Crippen molar-refractivity contribution in [3.63, 3.8) is 0 Å². The number of anilines is 2. The van der Waals surface area contributed by atoms with Gasteiger partial charge in [-0.2, -0.15) is 0 Å². The standard InChI is InChI=1S/C5H6ClN3/c6-3-1-4(7)5(8)9-2-3/h1-2H,7H2,(H2,8,9). The monoisotopic (exact) mass is 143 g/mol. The van der Waals surface area contributed by atoms with Crippen LogP contribution in [0.2, 0.25) is 5.02 Å². The molecule has 0 aliphatic rings. The Kier molecular flexibility index (Phi) is 1.44. The fraction of sp³-hybridized carbons (Fsp3) is 0. The number of aromatic nitrogens is 1. The zero-order valence-corrected chi connectivity index (χ0v) is 5.39. The van der Waals surface area contributed by atoms with E-state index in [1.807, 2.05) is 0 Å². The van der Waals surface area contributed by atoms with E-state index in [0.717, 1.165) is 0 Å². The Bertz CT molecular complexity index is 223. The van der Waals surface area contributed by atoms with E-state index in [2.05, 4.69) is 4.98 Å². The van der Waals surface area contributed by atoms with E-state index < -0.39 is 0 Å². The number of halogens is 1. The number of hydrogen-bond acceptors (Lipinski definition) is 3. The van der Waals surface area contributed by atoms with Gasteiger partial charge in [0.2, 0.25) is 0 Å². The highest BCUT2D eigenvalue weighted by Crippen LogP contribution is 2.15. The highest BCUT2D eigenvalue weighted by Gasteiger charge is 1.93. The average molecular weight is 144 g/mol. The highest BCUT2D eigenvalue weighted by atomic mass is 35.5. The molecule has 48 valence electrons. The number of rotatable bonds is 0. The van der Waals surface area contributed by atoms with Gasteiger partial charge < -0.3 is 11.5 Å². The molecule has 0 bridgehead atoms. The van der Waals surface area contributed by atoms with Crippen molar-refractivity contribution in [3.05, 3.63) is 17.3 Å². The molecular weight excluding hydrogens is 138 g/mol. The van der Waals surface area contributed by atoms with Crippen molar-refractivity contribution >= 4 is 23.1 Å². The maximum atomic E-state index is 5.52. The quantitative estimate of drug-likeness (QED) is 0.567. The molecule has 0 saturated heterocycles. The first-order valence-electron chi connectivity index (χ1n) is 2.36. The van der Waals surface area contributed by atoms with Crippen molar-refractivity contribution in [1.29, 1.82) is 0 Å². The minimum Gasteiger partial charge on any atom is -0.396 e. The number of nitrogens with zero attached hydrogens (tertiary/aromatic N) is 1. The van der Waals surface area contributed by atoms with E-state index in [9.17, 15) is 0 Å². The highest BCUT2D eigenvalue weighted by molar-refractivity contribution is 6.30. The van der Waals surface area contributed by atoms with Crippen LogP contribution < -0.4 is 11.5 Å². The molecule has 1 heterocycles. The van der Waals surface area contributed by atoms with Crippen LogP contribution in [-0.4, -0.2) is 4.98 Å². The molecule has 0 aliphatic heterocycles. The van der Waals surface area contributed by atoms with Crippen molar-refractivity contribution in [2.75, 3.05) is 11.5 Å². The van der Waals surface area contributed by atoms with Crippen molar-refractivity contribution in [2.45, 2.75) is 0 Å². The van der Waals surface area contributed by atoms with Gasteiger partial charge in [-0.15, -0.1) is 0 Å². The van der Waals surface area contributed by atoms with Gasteiger partial charge in [-0.3, -0.25) is 0 Å². The minimum atomic E-state index is 0.319. The zero-order valence-electron chi connectivity index (χ0n) is 4.63. The molecule has 0 radical (unpaired) electrons. The van der Waals surface area contributed by atoms with Gasteiger partial charge in [-0.1, -0.05) is 11.6 Å². The average Bonchev–Trinajstić information content (AvgIpc) is 1.80. The first kappa shape index (κ1) is 6.16. The third kappa shape index (κ3) is 1.23. The summed E-state index contributed by atoms with van der Waals surface area (Å²) in [5.74, 6) is 0.319. The Balaban J connectivity index is 3.17. The lowest BCUT2D eigenvalue weighted by Crippen LogP contribution is -1.96. The van der Waals surface area contributed by atoms with Crippen LogP contribution in [0.4, 0.5) is 11.5 Å². The van der Waals surface area contributed by atoms with Crippen LogP contribution in [0.3, 0.4) is 0 Å². The van der Waals surface area contributed by atoms with Gasteiger partial charge in [-0.05, 0) is 6.07 Å². The molecule has 1 rings (SSSR count). The minimum absolute atomic E-state index is 0.319. The third-order valence-electron chi connectivity index (χ3n) is 0.916. The Morgan fingerprint density at radius 1 is 1.44 bits per heavy atom. The van der Waals surface area contributed by atoms with E-state index in [1.165, 1.54) is 6.20 Å². The Morgan fingerprint density at radius 2 is 2.11 bits per heavy atom. The molecule has 3 nitrogen and oxygen atoms in total. The molecule has 0 unspecified atom stereocenters. The maximum absolute atomic E-state index is 5.52. The first-order valence-corrected chi connectivity index (χ1v) is 2.74. The van der Waals surface area contributed by atoms with Gasteiger partial charge in [0.25, 0.3) is 0 Å². The largest absolute Gasteiger partial charge is 0.396 e. The summed E-state index contributed by atoms with van der Waals surface area (Å²) >= 11 is 5.52. The number of hydrogen-bond donors (Lipinski definition) is 2. The molecule has 0 aromatic carbocycles. The van der Waals surface area contributed by atoms with Crippen molar-refractivity contribution in [3.8, 4) is 0 Å². The van der Waals surface area contributed by atoms with Gasteiger partial charge in [-0.25, -0.2) is 4.98 Å². The number of pyridine rings is 1. The Hall–Kier alpha value is -0.960. The Labute approximate surface area is 57.6 Å². The van der Waals surface area contributed by atoms with E-state index in [0.29, 0.717) is 16.5 Å². The van der Waals surface area contributed by atoms with E-state index in [4.69, 9.17) is 23.1 Å². The summed E-state index contributed by atoms with van der Waals surface area (Å²) < 4.78 is 0. The van der Waals surface area contributed by atoms with E-state index >= 15 is 0 Å². The normalized spacial score (nSPS) is 9.44. The molecule has 0 saturated carbocycles. The lowest BCUT2D eigenvalue weighted by Gasteiger charge is -1.95. The fourth-order valence-electron chi connectivity index (χ4n) is 0.466. The molecule has 9 heavy (non-hydrogen) atoms. The summed E-state index contributed by atoms with van der Waals surface area (Å²) in [6.07, 6.45) is 1.45. The van der Waals surface area contributed by atoms with Crippen molar-refractivity contribution in [2.24, 2.45) is 0 Å². The maximum Gasteiger partial charge on any atom is 0.146 e. The lowest BCUT2D eigenvalue weighted by molar-refractivity contribution is 1.34. The summed E-state index contributed by atoms with van der Waals surface area (Å²) in [4.78, 5) is 3.70. The smallest absolute Gasteiger partial charge is 0.146 e. The number of nitrogen functional groups attached to an aromatic ring is 2.